The monoisotopic (exact) mass is 368 g/mol. The number of aromatic nitrogens is 2. The minimum Gasteiger partial charge on any atom is -0.385 e. The van der Waals surface area contributed by atoms with Crippen LogP contribution in [0.5, 0.6) is 0 Å². The van der Waals surface area contributed by atoms with E-state index in [1.807, 2.05) is 32.3 Å². The van der Waals surface area contributed by atoms with E-state index >= 15 is 0 Å². The van der Waals surface area contributed by atoms with Gasteiger partial charge in [0.15, 0.2) is 5.82 Å². The Hall–Kier alpha value is -2.71. The predicted octanol–water partition coefficient (Wildman–Crippen LogP) is 3.72. The molecule has 3 aromatic rings. The first kappa shape index (κ1) is 18.1. The number of rotatable bonds is 6. The molecule has 7 nitrogen and oxygen atoms in total. The van der Waals surface area contributed by atoms with Crippen molar-refractivity contribution in [3.63, 3.8) is 0 Å². The number of carbonyl (C=O) groups is 1. The number of nitrogens with one attached hydrogen (secondary N) is 1. The summed E-state index contributed by atoms with van der Waals surface area (Å²) in [5.41, 5.74) is 6.40. The Bertz CT molecular complexity index is 936. The molecule has 26 heavy (non-hydrogen) atoms. The van der Waals surface area contributed by atoms with E-state index < -0.39 is 5.91 Å². The summed E-state index contributed by atoms with van der Waals surface area (Å²) in [4.78, 5) is 22.3. The highest BCUT2D eigenvalue weighted by Gasteiger charge is 2.13. The van der Waals surface area contributed by atoms with Crippen molar-refractivity contribution in [2.45, 2.75) is 4.90 Å². The Morgan fingerprint density at radius 2 is 2.12 bits per heavy atom. The average Bonchev–Trinajstić information content (AvgIpc) is 2.97. The van der Waals surface area contributed by atoms with Crippen molar-refractivity contribution in [3.05, 3.63) is 48.3 Å². The number of amides is 1. The van der Waals surface area contributed by atoms with Gasteiger partial charge in [-0.15, -0.1) is 22.0 Å². The first-order chi connectivity index (χ1) is 12.6. The first-order valence-electron chi connectivity index (χ1n) is 8.11. The Balaban J connectivity index is 1.86. The Morgan fingerprint density at radius 3 is 2.85 bits per heavy atom. The number of nitrogens with two attached hydrogens (primary N) is 1. The fourth-order valence-corrected chi connectivity index (χ4v) is 3.65. The molecule has 0 aliphatic carbocycles. The fraction of sp³-hybridized carbons (Fsp3) is 0.222. The van der Waals surface area contributed by atoms with E-state index in [-0.39, 0.29) is 5.69 Å². The van der Waals surface area contributed by atoms with Crippen molar-refractivity contribution in [3.8, 4) is 0 Å². The minimum absolute atomic E-state index is 0.250. The third-order valence-electron chi connectivity index (χ3n) is 3.72. The van der Waals surface area contributed by atoms with Gasteiger partial charge in [-0.25, -0.2) is 0 Å². The summed E-state index contributed by atoms with van der Waals surface area (Å²) >= 11 is 1.74. The van der Waals surface area contributed by atoms with Crippen LogP contribution in [-0.4, -0.2) is 47.2 Å². The van der Waals surface area contributed by atoms with Crippen LogP contribution in [0, 0.1) is 0 Å². The van der Waals surface area contributed by atoms with Gasteiger partial charge < -0.3 is 15.6 Å². The van der Waals surface area contributed by atoms with Crippen LogP contribution in [0.15, 0.2) is 57.7 Å². The van der Waals surface area contributed by atoms with E-state index in [2.05, 4.69) is 25.1 Å². The molecule has 0 fully saturated rings. The topological polar surface area (TPSA) is 99.7 Å². The maximum atomic E-state index is 12.1. The lowest BCUT2D eigenvalue weighted by molar-refractivity contribution is 0.0990. The highest BCUT2D eigenvalue weighted by molar-refractivity contribution is 7.99. The number of aromatic amines is 1. The van der Waals surface area contributed by atoms with Gasteiger partial charge in [0.05, 0.1) is 0 Å². The number of benzene rings is 1. The van der Waals surface area contributed by atoms with Crippen LogP contribution in [0.3, 0.4) is 0 Å². The number of carbonyl (C=O) groups excluding carboxylic acids is 1. The van der Waals surface area contributed by atoms with Crippen LogP contribution < -0.4 is 5.73 Å². The average molecular weight is 368 g/mol. The summed E-state index contributed by atoms with van der Waals surface area (Å²) in [6.45, 7) is 0.969. The molecule has 2 aromatic heterocycles. The summed E-state index contributed by atoms with van der Waals surface area (Å²) in [6.07, 6.45) is 1.54. The van der Waals surface area contributed by atoms with Crippen LogP contribution in [0.4, 0.5) is 11.6 Å². The molecule has 0 bridgehead atoms. The van der Waals surface area contributed by atoms with Gasteiger partial charge in [-0.3, -0.25) is 9.78 Å². The SMILES string of the molecule is CN(C)CCSc1cccc2c(N=NC(=O)c3ccccn3)[nH]c(N)c12. The Kier molecular flexibility index (Phi) is 5.65. The molecule has 1 amide bonds. The van der Waals surface area contributed by atoms with Gasteiger partial charge in [-0.05, 0) is 32.3 Å². The van der Waals surface area contributed by atoms with Gasteiger partial charge in [-0.1, -0.05) is 18.2 Å². The molecule has 0 unspecified atom stereocenters. The molecule has 3 rings (SSSR count). The largest absolute Gasteiger partial charge is 0.385 e. The third-order valence-corrected chi connectivity index (χ3v) is 4.76. The van der Waals surface area contributed by atoms with Gasteiger partial charge in [0.1, 0.15) is 11.5 Å². The molecule has 134 valence electrons. The van der Waals surface area contributed by atoms with E-state index in [0.717, 1.165) is 28.0 Å². The third kappa shape index (κ3) is 4.09. The lowest BCUT2D eigenvalue weighted by atomic mass is 10.2. The van der Waals surface area contributed by atoms with Gasteiger partial charge in [-0.2, -0.15) is 0 Å². The number of azo groups is 1. The number of H-pyrrole nitrogens is 1. The standard InChI is InChI=1S/C18H20N6OS/c1-24(2)10-11-26-14-8-5-6-12-15(14)16(19)21-17(12)22-23-18(25)13-7-3-4-9-20-13/h3-9,21H,10-11,19H2,1-2H3. The van der Waals surface area contributed by atoms with Crippen molar-refractivity contribution in [1.82, 2.24) is 14.9 Å². The summed E-state index contributed by atoms with van der Waals surface area (Å²) < 4.78 is 0. The van der Waals surface area contributed by atoms with Gasteiger partial charge in [0.25, 0.3) is 0 Å². The molecule has 0 atom stereocenters. The van der Waals surface area contributed by atoms with Gasteiger partial charge in [0, 0.05) is 34.2 Å². The van der Waals surface area contributed by atoms with Crippen molar-refractivity contribution in [2.24, 2.45) is 10.2 Å². The number of nitrogen functional groups attached to an aromatic ring is 1. The number of fused-ring (bicyclic) bond motifs is 1. The minimum atomic E-state index is -0.497. The molecule has 1 aromatic carbocycles. The van der Waals surface area contributed by atoms with Crippen LogP contribution in [0.25, 0.3) is 10.8 Å². The zero-order valence-electron chi connectivity index (χ0n) is 14.6. The first-order valence-corrected chi connectivity index (χ1v) is 9.09. The molecule has 0 aliphatic heterocycles. The van der Waals surface area contributed by atoms with E-state index in [9.17, 15) is 4.79 Å². The number of anilines is 1. The quantitative estimate of drug-likeness (QED) is 0.510. The molecule has 8 heteroatoms. The van der Waals surface area contributed by atoms with Crippen molar-refractivity contribution < 1.29 is 4.79 Å². The van der Waals surface area contributed by atoms with Crippen molar-refractivity contribution >= 4 is 40.1 Å². The second-order valence-corrected chi connectivity index (χ2v) is 7.07. The van der Waals surface area contributed by atoms with Crippen molar-refractivity contribution in [1.29, 1.82) is 0 Å². The number of thioether (sulfide) groups is 1. The number of nitrogens with zero attached hydrogens (tertiary/aromatic N) is 4. The molecular weight excluding hydrogens is 348 g/mol. The molecule has 0 saturated heterocycles. The predicted molar refractivity (Wildman–Crippen MR) is 105 cm³/mol. The van der Waals surface area contributed by atoms with E-state index in [0.29, 0.717) is 11.6 Å². The molecule has 0 radical (unpaired) electrons. The maximum Gasteiger partial charge on any atom is 0.313 e. The van der Waals surface area contributed by atoms with Crippen molar-refractivity contribution in [2.75, 3.05) is 32.1 Å². The second kappa shape index (κ2) is 8.11. The Labute approximate surface area is 155 Å². The lowest BCUT2D eigenvalue weighted by Gasteiger charge is -2.09. The number of hydrogen-bond donors (Lipinski definition) is 2. The summed E-state index contributed by atoms with van der Waals surface area (Å²) in [5, 5.41) is 9.59. The molecule has 0 spiro atoms. The zero-order chi connectivity index (χ0) is 18.5. The van der Waals surface area contributed by atoms with Gasteiger partial charge in [0.2, 0.25) is 0 Å². The maximum absolute atomic E-state index is 12.1. The summed E-state index contributed by atoms with van der Waals surface area (Å²) in [6, 6.07) is 11.0. The van der Waals surface area contributed by atoms with Crippen LogP contribution in [0.1, 0.15) is 10.5 Å². The van der Waals surface area contributed by atoms with Gasteiger partial charge >= 0.3 is 5.91 Å². The van der Waals surface area contributed by atoms with E-state index in [1.54, 1.807) is 36.2 Å². The van der Waals surface area contributed by atoms with E-state index in [1.165, 1.54) is 0 Å². The number of pyridine rings is 1. The smallest absolute Gasteiger partial charge is 0.313 e. The molecule has 0 aliphatic rings. The zero-order valence-corrected chi connectivity index (χ0v) is 15.5. The molecular formula is C18H20N6OS. The van der Waals surface area contributed by atoms with E-state index in [4.69, 9.17) is 5.73 Å². The molecule has 0 saturated carbocycles. The number of hydrogen-bond acceptors (Lipinski definition) is 6. The fourth-order valence-electron chi connectivity index (χ4n) is 2.44. The Morgan fingerprint density at radius 1 is 1.27 bits per heavy atom. The second-order valence-electron chi connectivity index (χ2n) is 5.94. The summed E-state index contributed by atoms with van der Waals surface area (Å²) in [7, 11) is 4.09. The molecule has 2 heterocycles. The highest BCUT2D eigenvalue weighted by Crippen LogP contribution is 2.37. The van der Waals surface area contributed by atoms with Crippen LogP contribution in [0.2, 0.25) is 0 Å². The van der Waals surface area contributed by atoms with Crippen LogP contribution in [-0.2, 0) is 0 Å². The normalized spacial score (nSPS) is 11.7. The van der Waals surface area contributed by atoms with Crippen LogP contribution >= 0.6 is 11.8 Å². The lowest BCUT2D eigenvalue weighted by Crippen LogP contribution is -2.14. The highest BCUT2D eigenvalue weighted by atomic mass is 32.2. The summed E-state index contributed by atoms with van der Waals surface area (Å²) in [5.74, 6) is 1.44. The molecule has 3 N–H and O–H groups in total.